The van der Waals surface area contributed by atoms with Crippen LogP contribution in [0.3, 0.4) is 0 Å². The molecule has 1 aromatic heterocycles. The molecule has 0 saturated heterocycles. The average molecular weight is 260 g/mol. The van der Waals surface area contributed by atoms with Gasteiger partial charge in [0.1, 0.15) is 11.5 Å². The van der Waals surface area contributed by atoms with Crippen molar-refractivity contribution in [1.29, 1.82) is 0 Å². The number of hydrogen-bond donors (Lipinski definition) is 0. The molecule has 5 nitrogen and oxygen atoms in total. The van der Waals surface area contributed by atoms with Crippen molar-refractivity contribution < 1.29 is 18.7 Å². The number of methoxy groups -OCH3 is 1. The molecule has 0 fully saturated rings. The molecule has 0 unspecified atom stereocenters. The van der Waals surface area contributed by atoms with E-state index in [1.165, 1.54) is 25.5 Å². The normalized spacial score (nSPS) is 10.0. The summed E-state index contributed by atoms with van der Waals surface area (Å²) in [5.41, 5.74) is -0.109. The number of ether oxygens (including phenoxy) is 2. The van der Waals surface area contributed by atoms with E-state index in [4.69, 9.17) is 13.9 Å². The van der Waals surface area contributed by atoms with E-state index < -0.39 is 11.4 Å². The zero-order chi connectivity index (χ0) is 13.8. The van der Waals surface area contributed by atoms with Crippen LogP contribution in [0.2, 0.25) is 0 Å². The quantitative estimate of drug-likeness (QED) is 0.791. The molecule has 98 valence electrons. The molecule has 0 N–H and O–H groups in total. The van der Waals surface area contributed by atoms with Gasteiger partial charge in [-0.3, -0.25) is 4.79 Å². The SMILES string of the molecule is COc1cccc(C(=O)Oc2c(C)occc2=O)c1. The van der Waals surface area contributed by atoms with Crippen molar-refractivity contribution in [3.63, 3.8) is 0 Å². The summed E-state index contributed by atoms with van der Waals surface area (Å²) in [5.74, 6) is 0.0471. The average Bonchev–Trinajstić information content (AvgIpc) is 2.43. The smallest absolute Gasteiger partial charge is 0.343 e. The fourth-order valence-electron chi connectivity index (χ4n) is 1.52. The van der Waals surface area contributed by atoms with Crippen molar-refractivity contribution in [2.45, 2.75) is 6.92 Å². The Morgan fingerprint density at radius 3 is 2.74 bits per heavy atom. The van der Waals surface area contributed by atoms with Crippen molar-refractivity contribution in [1.82, 2.24) is 0 Å². The first-order chi connectivity index (χ1) is 9.11. The lowest BCUT2D eigenvalue weighted by Gasteiger charge is -2.06. The predicted molar refractivity (Wildman–Crippen MR) is 67.7 cm³/mol. The molecule has 5 heteroatoms. The van der Waals surface area contributed by atoms with E-state index in [9.17, 15) is 9.59 Å². The third kappa shape index (κ3) is 2.82. The number of esters is 1. The standard InChI is InChI=1S/C14H12O5/c1-9-13(12(15)6-7-18-9)19-14(16)10-4-3-5-11(8-10)17-2/h3-8H,1-2H3. The molecule has 0 aliphatic heterocycles. The Bertz CT molecular complexity index is 657. The Hall–Kier alpha value is -2.56. The number of carbonyl (C=O) groups is 1. The van der Waals surface area contributed by atoms with Crippen LogP contribution in [0.15, 0.2) is 45.8 Å². The highest BCUT2D eigenvalue weighted by Gasteiger charge is 2.14. The topological polar surface area (TPSA) is 65.7 Å². The molecule has 2 aromatic rings. The van der Waals surface area contributed by atoms with Crippen LogP contribution in [-0.4, -0.2) is 13.1 Å². The summed E-state index contributed by atoms with van der Waals surface area (Å²) in [6.45, 7) is 1.55. The maximum absolute atomic E-state index is 11.9. The van der Waals surface area contributed by atoms with Crippen molar-refractivity contribution in [3.05, 3.63) is 58.1 Å². The third-order valence-electron chi connectivity index (χ3n) is 2.51. The van der Waals surface area contributed by atoms with Gasteiger partial charge in [-0.05, 0) is 25.1 Å². The van der Waals surface area contributed by atoms with Crippen LogP contribution in [0.5, 0.6) is 11.5 Å². The van der Waals surface area contributed by atoms with Crippen molar-refractivity contribution in [2.75, 3.05) is 7.11 Å². The molecule has 19 heavy (non-hydrogen) atoms. The van der Waals surface area contributed by atoms with Crippen LogP contribution in [0.4, 0.5) is 0 Å². The Kier molecular flexibility index (Phi) is 3.66. The molecule has 0 saturated carbocycles. The second kappa shape index (κ2) is 5.39. The van der Waals surface area contributed by atoms with Gasteiger partial charge in [0, 0.05) is 6.07 Å². The highest BCUT2D eigenvalue weighted by molar-refractivity contribution is 5.91. The zero-order valence-electron chi connectivity index (χ0n) is 10.5. The van der Waals surface area contributed by atoms with Gasteiger partial charge in [0.2, 0.25) is 11.2 Å². The molecule has 2 rings (SSSR count). The fraction of sp³-hybridized carbons (Fsp3) is 0.143. The lowest BCUT2D eigenvalue weighted by Crippen LogP contribution is -2.15. The summed E-state index contributed by atoms with van der Waals surface area (Å²) in [4.78, 5) is 23.5. The first kappa shape index (κ1) is 12.9. The van der Waals surface area contributed by atoms with E-state index in [0.717, 1.165) is 0 Å². The first-order valence-electron chi connectivity index (χ1n) is 5.56. The molecule has 0 atom stereocenters. The Morgan fingerprint density at radius 2 is 2.05 bits per heavy atom. The lowest BCUT2D eigenvalue weighted by atomic mass is 10.2. The zero-order valence-corrected chi connectivity index (χ0v) is 10.5. The largest absolute Gasteiger partial charge is 0.497 e. The van der Waals surface area contributed by atoms with Gasteiger partial charge in [-0.1, -0.05) is 6.07 Å². The number of hydrogen-bond acceptors (Lipinski definition) is 5. The van der Waals surface area contributed by atoms with Crippen LogP contribution in [0.1, 0.15) is 16.1 Å². The van der Waals surface area contributed by atoms with Crippen molar-refractivity contribution >= 4 is 5.97 Å². The predicted octanol–water partition coefficient (Wildman–Crippen LogP) is 2.18. The van der Waals surface area contributed by atoms with E-state index >= 15 is 0 Å². The molecule has 0 amide bonds. The van der Waals surface area contributed by atoms with Gasteiger partial charge < -0.3 is 13.9 Å². The molecular formula is C14H12O5. The van der Waals surface area contributed by atoms with Gasteiger partial charge in [-0.15, -0.1) is 0 Å². The lowest BCUT2D eigenvalue weighted by molar-refractivity contribution is 0.0726. The summed E-state index contributed by atoms with van der Waals surface area (Å²) in [6, 6.07) is 7.67. The van der Waals surface area contributed by atoms with E-state index in [-0.39, 0.29) is 11.5 Å². The highest BCUT2D eigenvalue weighted by atomic mass is 16.5. The molecule has 1 aromatic carbocycles. The minimum Gasteiger partial charge on any atom is -0.497 e. The Labute approximate surface area is 109 Å². The summed E-state index contributed by atoms with van der Waals surface area (Å²) in [6.07, 6.45) is 1.25. The van der Waals surface area contributed by atoms with E-state index in [0.29, 0.717) is 11.3 Å². The molecule has 0 radical (unpaired) electrons. The number of rotatable bonds is 3. The molecule has 0 spiro atoms. The van der Waals surface area contributed by atoms with Gasteiger partial charge in [-0.2, -0.15) is 0 Å². The van der Waals surface area contributed by atoms with Gasteiger partial charge >= 0.3 is 5.97 Å². The van der Waals surface area contributed by atoms with Crippen LogP contribution in [-0.2, 0) is 0 Å². The second-order valence-electron chi connectivity index (χ2n) is 3.79. The van der Waals surface area contributed by atoms with Crippen LogP contribution in [0, 0.1) is 6.92 Å². The summed E-state index contributed by atoms with van der Waals surface area (Å²) in [7, 11) is 1.50. The fourth-order valence-corrected chi connectivity index (χ4v) is 1.52. The van der Waals surface area contributed by atoms with Crippen molar-refractivity contribution in [3.8, 4) is 11.5 Å². The van der Waals surface area contributed by atoms with Crippen LogP contribution in [0.25, 0.3) is 0 Å². The van der Waals surface area contributed by atoms with Crippen LogP contribution >= 0.6 is 0 Å². The molecule has 0 aliphatic rings. The van der Waals surface area contributed by atoms with Crippen molar-refractivity contribution in [2.24, 2.45) is 0 Å². The minimum absolute atomic E-state index is 0.102. The maximum atomic E-state index is 11.9. The van der Waals surface area contributed by atoms with Gasteiger partial charge in [0.15, 0.2) is 0 Å². The van der Waals surface area contributed by atoms with E-state index in [1.54, 1.807) is 25.1 Å². The Morgan fingerprint density at radius 1 is 1.26 bits per heavy atom. The number of aryl methyl sites for hydroxylation is 1. The first-order valence-corrected chi connectivity index (χ1v) is 5.56. The van der Waals surface area contributed by atoms with Gasteiger partial charge in [-0.25, -0.2) is 4.79 Å². The summed E-state index contributed by atoms with van der Waals surface area (Å²) in [5, 5.41) is 0. The summed E-state index contributed by atoms with van der Waals surface area (Å²) < 4.78 is 15.1. The molecule has 0 aliphatic carbocycles. The molecule has 0 bridgehead atoms. The third-order valence-corrected chi connectivity index (χ3v) is 2.51. The van der Waals surface area contributed by atoms with Crippen LogP contribution < -0.4 is 14.9 Å². The van der Waals surface area contributed by atoms with E-state index in [2.05, 4.69) is 0 Å². The van der Waals surface area contributed by atoms with E-state index in [1.807, 2.05) is 0 Å². The van der Waals surface area contributed by atoms with Gasteiger partial charge in [0.05, 0.1) is 18.9 Å². The second-order valence-corrected chi connectivity index (χ2v) is 3.79. The molecule has 1 heterocycles. The minimum atomic E-state index is -0.638. The maximum Gasteiger partial charge on any atom is 0.343 e. The Balaban J connectivity index is 2.28. The highest BCUT2D eigenvalue weighted by Crippen LogP contribution is 2.16. The number of benzene rings is 1. The monoisotopic (exact) mass is 260 g/mol. The summed E-state index contributed by atoms with van der Waals surface area (Å²) >= 11 is 0. The van der Waals surface area contributed by atoms with Gasteiger partial charge in [0.25, 0.3) is 0 Å². The molecular weight excluding hydrogens is 248 g/mol. The number of carbonyl (C=O) groups excluding carboxylic acids is 1.